The van der Waals surface area contributed by atoms with Crippen LogP contribution in [0.25, 0.3) is 0 Å². The Morgan fingerprint density at radius 2 is 2.19 bits per heavy atom. The molecule has 2 nitrogen and oxygen atoms in total. The van der Waals surface area contributed by atoms with E-state index in [1.165, 1.54) is 25.5 Å². The first kappa shape index (κ1) is 13.7. The third-order valence-electron chi connectivity index (χ3n) is 3.90. The highest BCUT2D eigenvalue weighted by Gasteiger charge is 2.35. The normalized spacial score (nSPS) is 30.6. The molecule has 1 rings (SSSR count). The van der Waals surface area contributed by atoms with Crippen molar-refractivity contribution in [2.45, 2.75) is 52.9 Å². The second-order valence-corrected chi connectivity index (χ2v) is 5.55. The summed E-state index contributed by atoms with van der Waals surface area (Å²) in [6.45, 7) is 9.86. The van der Waals surface area contributed by atoms with E-state index < -0.39 is 0 Å². The van der Waals surface area contributed by atoms with Crippen molar-refractivity contribution in [2.24, 2.45) is 11.3 Å². The molecule has 0 aromatic rings. The lowest BCUT2D eigenvalue weighted by Gasteiger charge is -2.39. The van der Waals surface area contributed by atoms with Crippen molar-refractivity contribution < 1.29 is 4.79 Å². The highest BCUT2D eigenvalue weighted by molar-refractivity contribution is 5.60. The van der Waals surface area contributed by atoms with Crippen molar-refractivity contribution in [3.63, 3.8) is 0 Å². The standard InChI is InChI=1S/C14H27NO/c1-4-9-15(5-2)11-14(12-16)8-6-7-13(3)10-14/h12-13H,4-11H2,1-3H3. The van der Waals surface area contributed by atoms with Crippen LogP contribution in [0, 0.1) is 11.3 Å². The second-order valence-electron chi connectivity index (χ2n) is 5.55. The van der Waals surface area contributed by atoms with Gasteiger partial charge in [-0.2, -0.15) is 0 Å². The van der Waals surface area contributed by atoms with Crippen molar-refractivity contribution in [2.75, 3.05) is 19.6 Å². The van der Waals surface area contributed by atoms with Gasteiger partial charge in [0.1, 0.15) is 6.29 Å². The summed E-state index contributed by atoms with van der Waals surface area (Å²) in [6.07, 6.45) is 7.15. The molecule has 2 heteroatoms. The summed E-state index contributed by atoms with van der Waals surface area (Å²) >= 11 is 0. The quantitative estimate of drug-likeness (QED) is 0.647. The maximum absolute atomic E-state index is 11.5. The molecule has 2 atom stereocenters. The highest BCUT2D eigenvalue weighted by atomic mass is 16.1. The van der Waals surface area contributed by atoms with E-state index in [1.807, 2.05) is 0 Å². The molecule has 0 bridgehead atoms. The predicted molar refractivity (Wildman–Crippen MR) is 68.5 cm³/mol. The number of hydrogen-bond donors (Lipinski definition) is 0. The van der Waals surface area contributed by atoms with E-state index in [-0.39, 0.29) is 5.41 Å². The molecule has 2 unspecified atom stereocenters. The Morgan fingerprint density at radius 1 is 1.44 bits per heavy atom. The van der Waals surface area contributed by atoms with E-state index in [4.69, 9.17) is 0 Å². The lowest BCUT2D eigenvalue weighted by Crippen LogP contribution is -2.42. The summed E-state index contributed by atoms with van der Waals surface area (Å²) in [7, 11) is 0. The number of aldehydes is 1. The first-order valence-electron chi connectivity index (χ1n) is 6.84. The van der Waals surface area contributed by atoms with Gasteiger partial charge < -0.3 is 9.69 Å². The minimum atomic E-state index is -0.0388. The fourth-order valence-corrected chi connectivity index (χ4v) is 3.10. The summed E-state index contributed by atoms with van der Waals surface area (Å²) in [6, 6.07) is 0. The molecule has 1 aliphatic carbocycles. The molecule has 16 heavy (non-hydrogen) atoms. The number of carbonyl (C=O) groups excluding carboxylic acids is 1. The van der Waals surface area contributed by atoms with Gasteiger partial charge in [-0.15, -0.1) is 0 Å². The van der Waals surface area contributed by atoms with Gasteiger partial charge in [-0.05, 0) is 38.3 Å². The number of carbonyl (C=O) groups is 1. The fourth-order valence-electron chi connectivity index (χ4n) is 3.10. The van der Waals surface area contributed by atoms with E-state index in [0.29, 0.717) is 0 Å². The largest absolute Gasteiger partial charge is 0.303 e. The van der Waals surface area contributed by atoms with Crippen LogP contribution in [0.1, 0.15) is 52.9 Å². The third-order valence-corrected chi connectivity index (χ3v) is 3.90. The van der Waals surface area contributed by atoms with Crippen molar-refractivity contribution in [1.29, 1.82) is 0 Å². The summed E-state index contributed by atoms with van der Waals surface area (Å²) in [5.74, 6) is 0.722. The average molecular weight is 225 g/mol. The Labute approximate surface area is 100 Å². The van der Waals surface area contributed by atoms with Crippen LogP contribution in [0.2, 0.25) is 0 Å². The molecule has 94 valence electrons. The van der Waals surface area contributed by atoms with Gasteiger partial charge in [0, 0.05) is 12.0 Å². The van der Waals surface area contributed by atoms with Gasteiger partial charge in [-0.1, -0.05) is 33.6 Å². The van der Waals surface area contributed by atoms with Crippen LogP contribution in [0.3, 0.4) is 0 Å². The van der Waals surface area contributed by atoms with Gasteiger partial charge in [-0.25, -0.2) is 0 Å². The Balaban J connectivity index is 2.60. The SMILES string of the molecule is CCCN(CC)CC1(C=O)CCCC(C)C1. The topological polar surface area (TPSA) is 20.3 Å². The molecule has 0 heterocycles. The fraction of sp³-hybridized carbons (Fsp3) is 0.929. The Hall–Kier alpha value is -0.370. The molecule has 1 fully saturated rings. The van der Waals surface area contributed by atoms with Gasteiger partial charge in [0.05, 0.1) is 0 Å². The molecule has 0 aliphatic heterocycles. The smallest absolute Gasteiger partial charge is 0.127 e. The maximum Gasteiger partial charge on any atom is 0.127 e. The average Bonchev–Trinajstić information content (AvgIpc) is 2.28. The van der Waals surface area contributed by atoms with Gasteiger partial charge in [0.25, 0.3) is 0 Å². The van der Waals surface area contributed by atoms with Crippen LogP contribution in [-0.2, 0) is 4.79 Å². The monoisotopic (exact) mass is 225 g/mol. The van der Waals surface area contributed by atoms with E-state index in [9.17, 15) is 4.79 Å². The lowest BCUT2D eigenvalue weighted by atomic mass is 9.70. The first-order chi connectivity index (χ1) is 7.65. The number of nitrogens with zero attached hydrogens (tertiary/aromatic N) is 1. The van der Waals surface area contributed by atoms with Gasteiger partial charge in [-0.3, -0.25) is 0 Å². The van der Waals surface area contributed by atoms with Crippen molar-refractivity contribution >= 4 is 6.29 Å². The van der Waals surface area contributed by atoms with Crippen LogP contribution < -0.4 is 0 Å². The van der Waals surface area contributed by atoms with Gasteiger partial charge in [0.15, 0.2) is 0 Å². The predicted octanol–water partition coefficient (Wildman–Crippen LogP) is 3.11. The van der Waals surface area contributed by atoms with Crippen LogP contribution in [0.5, 0.6) is 0 Å². The molecule has 0 spiro atoms. The van der Waals surface area contributed by atoms with Crippen molar-refractivity contribution in [3.05, 3.63) is 0 Å². The Bertz CT molecular complexity index is 217. The minimum absolute atomic E-state index is 0.0388. The molecule has 0 saturated heterocycles. The summed E-state index contributed by atoms with van der Waals surface area (Å²) in [5, 5.41) is 0. The van der Waals surface area contributed by atoms with Gasteiger partial charge >= 0.3 is 0 Å². The Morgan fingerprint density at radius 3 is 2.69 bits per heavy atom. The molecule has 0 aromatic carbocycles. The maximum atomic E-state index is 11.5. The van der Waals surface area contributed by atoms with Crippen LogP contribution >= 0.6 is 0 Å². The van der Waals surface area contributed by atoms with E-state index in [2.05, 4.69) is 25.7 Å². The second kappa shape index (κ2) is 6.39. The molecule has 0 aromatic heterocycles. The third kappa shape index (κ3) is 3.58. The van der Waals surface area contributed by atoms with Gasteiger partial charge in [0.2, 0.25) is 0 Å². The number of rotatable bonds is 6. The molecule has 0 N–H and O–H groups in total. The number of hydrogen-bond acceptors (Lipinski definition) is 2. The first-order valence-corrected chi connectivity index (χ1v) is 6.84. The molecular weight excluding hydrogens is 198 g/mol. The zero-order valence-electron chi connectivity index (χ0n) is 11.2. The summed E-state index contributed by atoms with van der Waals surface area (Å²) < 4.78 is 0. The van der Waals surface area contributed by atoms with Crippen LogP contribution in [0.4, 0.5) is 0 Å². The molecule has 1 saturated carbocycles. The van der Waals surface area contributed by atoms with E-state index >= 15 is 0 Å². The highest BCUT2D eigenvalue weighted by Crippen LogP contribution is 2.38. The summed E-state index contributed by atoms with van der Waals surface area (Å²) in [5.41, 5.74) is -0.0388. The van der Waals surface area contributed by atoms with Crippen molar-refractivity contribution in [1.82, 2.24) is 4.90 Å². The molecule has 1 aliphatic rings. The molecule has 0 amide bonds. The van der Waals surface area contributed by atoms with Crippen molar-refractivity contribution in [3.8, 4) is 0 Å². The zero-order chi connectivity index (χ0) is 12.0. The molecule has 0 radical (unpaired) electrons. The zero-order valence-corrected chi connectivity index (χ0v) is 11.2. The van der Waals surface area contributed by atoms with E-state index in [0.717, 1.165) is 38.4 Å². The Kier molecular flexibility index (Phi) is 5.47. The minimum Gasteiger partial charge on any atom is -0.303 e. The van der Waals surface area contributed by atoms with Crippen LogP contribution in [0.15, 0.2) is 0 Å². The van der Waals surface area contributed by atoms with Crippen LogP contribution in [-0.4, -0.2) is 30.8 Å². The van der Waals surface area contributed by atoms with E-state index in [1.54, 1.807) is 0 Å². The summed E-state index contributed by atoms with van der Waals surface area (Å²) in [4.78, 5) is 13.9. The molecular formula is C14H27NO. The lowest BCUT2D eigenvalue weighted by molar-refractivity contribution is -0.120.